The number of hydrogen-bond acceptors (Lipinski definition) is 2. The van der Waals surface area contributed by atoms with Crippen LogP contribution < -0.4 is 10.1 Å². The Bertz CT molecular complexity index is 378. The number of thiazole rings is 1. The Kier molecular flexibility index (Phi) is 3.88. The summed E-state index contributed by atoms with van der Waals surface area (Å²) in [6.45, 7) is 7.38. The molecule has 4 nitrogen and oxygen atoms in total. The van der Waals surface area contributed by atoms with Crippen molar-refractivity contribution in [1.29, 1.82) is 0 Å². The van der Waals surface area contributed by atoms with Gasteiger partial charge in [-0.25, -0.2) is 4.79 Å². The van der Waals surface area contributed by atoms with Crippen molar-refractivity contribution < 1.29 is 4.79 Å². The molecule has 0 bridgehead atoms. The molecule has 0 saturated carbocycles. The lowest BCUT2D eigenvalue weighted by Crippen LogP contribution is -2.24. The molecule has 1 N–H and O–H groups in total. The first-order valence-electron chi connectivity index (χ1n) is 4.66. The summed E-state index contributed by atoms with van der Waals surface area (Å²) >= 11 is 1.49. The molecular weight excluding hydrogens is 198 g/mol. The minimum atomic E-state index is -0.267. The lowest BCUT2D eigenvalue weighted by Gasteiger charge is -1.99. The van der Waals surface area contributed by atoms with Gasteiger partial charge < -0.3 is 9.88 Å². The van der Waals surface area contributed by atoms with E-state index in [-0.39, 0.29) is 6.03 Å². The first-order chi connectivity index (χ1) is 6.69. The molecule has 1 heterocycles. The van der Waals surface area contributed by atoms with Gasteiger partial charge in [-0.15, -0.1) is 11.3 Å². The minimum Gasteiger partial charge on any atom is -0.336 e. The van der Waals surface area contributed by atoms with E-state index < -0.39 is 0 Å². The zero-order valence-corrected chi connectivity index (χ0v) is 9.52. The first-order valence-corrected chi connectivity index (χ1v) is 5.54. The monoisotopic (exact) mass is 213 g/mol. The Morgan fingerprint density at radius 1 is 1.64 bits per heavy atom. The highest BCUT2D eigenvalue weighted by atomic mass is 32.1. The zero-order valence-electron chi connectivity index (χ0n) is 8.70. The van der Waals surface area contributed by atoms with Gasteiger partial charge in [0.1, 0.15) is 0 Å². The smallest absolute Gasteiger partial charge is 0.336 e. The predicted molar refractivity (Wildman–Crippen MR) is 57.4 cm³/mol. The molecule has 2 amide bonds. The number of carbonyl (C=O) groups excluding carboxylic acids is 1. The van der Waals surface area contributed by atoms with E-state index in [4.69, 9.17) is 0 Å². The van der Waals surface area contributed by atoms with E-state index in [9.17, 15) is 4.79 Å². The molecule has 1 aromatic rings. The van der Waals surface area contributed by atoms with Crippen molar-refractivity contribution in [3.05, 3.63) is 15.9 Å². The van der Waals surface area contributed by atoms with Crippen LogP contribution in [-0.2, 0) is 6.54 Å². The Morgan fingerprint density at radius 2 is 2.36 bits per heavy atom. The van der Waals surface area contributed by atoms with Crippen molar-refractivity contribution in [3.8, 4) is 0 Å². The molecule has 14 heavy (non-hydrogen) atoms. The molecule has 1 aromatic heterocycles. The average molecular weight is 213 g/mol. The quantitative estimate of drug-likeness (QED) is 0.795. The van der Waals surface area contributed by atoms with Crippen LogP contribution in [0.2, 0.25) is 0 Å². The number of carbonyl (C=O) groups is 1. The zero-order chi connectivity index (χ0) is 10.6. The van der Waals surface area contributed by atoms with Gasteiger partial charge >= 0.3 is 6.03 Å². The summed E-state index contributed by atoms with van der Waals surface area (Å²) in [5, 5.41) is 4.64. The summed E-state index contributed by atoms with van der Waals surface area (Å²) in [7, 11) is 0. The number of aryl methyl sites for hydroxylation is 1. The number of hydrogen-bond donors (Lipinski definition) is 1. The molecule has 0 aromatic carbocycles. The molecule has 0 saturated heterocycles. The van der Waals surface area contributed by atoms with Crippen LogP contribution in [0.25, 0.3) is 0 Å². The van der Waals surface area contributed by atoms with E-state index in [2.05, 4.69) is 10.3 Å². The van der Waals surface area contributed by atoms with Gasteiger partial charge in [0.05, 0.1) is 0 Å². The summed E-state index contributed by atoms with van der Waals surface area (Å²) in [5.41, 5.74) is 1.14. The maximum Gasteiger partial charge on any atom is 0.343 e. The summed E-state index contributed by atoms with van der Waals surface area (Å²) < 4.78 is 2.01. The molecule has 0 fully saturated rings. The molecule has 5 heteroatoms. The van der Waals surface area contributed by atoms with Gasteiger partial charge in [-0.1, -0.05) is 0 Å². The topological polar surface area (TPSA) is 46.4 Å². The fraction of sp³-hybridized carbons (Fsp3) is 0.556. The van der Waals surface area contributed by atoms with E-state index in [1.54, 1.807) is 0 Å². The Hall–Kier alpha value is -1.10. The molecule has 0 unspecified atom stereocenters. The predicted octanol–water partition coefficient (Wildman–Crippen LogP) is 1.51. The Labute approximate surface area is 87.3 Å². The standard InChI is InChI=1S/C9H15N3OS/c1-4-10-8(13)11-9-12(5-2)7(3)6-14-9/h6H,4-5H2,1-3H3,(H,10,13)/b11-9+. The Balaban J connectivity index is 2.99. The number of aromatic nitrogens is 1. The lowest BCUT2D eigenvalue weighted by molar-refractivity contribution is 0.249. The summed E-state index contributed by atoms with van der Waals surface area (Å²) in [6.07, 6.45) is 0. The van der Waals surface area contributed by atoms with Crippen LogP contribution in [0.5, 0.6) is 0 Å². The molecule has 78 valence electrons. The van der Waals surface area contributed by atoms with Crippen molar-refractivity contribution in [2.24, 2.45) is 4.99 Å². The Morgan fingerprint density at radius 3 is 2.93 bits per heavy atom. The van der Waals surface area contributed by atoms with Crippen LogP contribution in [0.15, 0.2) is 10.4 Å². The van der Waals surface area contributed by atoms with E-state index in [1.807, 2.05) is 30.7 Å². The van der Waals surface area contributed by atoms with Gasteiger partial charge in [0.15, 0.2) is 4.80 Å². The number of rotatable bonds is 2. The molecule has 0 radical (unpaired) electrons. The van der Waals surface area contributed by atoms with Crippen LogP contribution in [0.3, 0.4) is 0 Å². The van der Waals surface area contributed by atoms with E-state index in [0.29, 0.717) is 6.54 Å². The summed E-state index contributed by atoms with van der Waals surface area (Å²) in [6, 6.07) is -0.267. The second-order valence-electron chi connectivity index (χ2n) is 2.85. The minimum absolute atomic E-state index is 0.267. The van der Waals surface area contributed by atoms with Crippen LogP contribution in [0.4, 0.5) is 4.79 Å². The number of amides is 2. The highest BCUT2D eigenvalue weighted by Gasteiger charge is 2.00. The maximum absolute atomic E-state index is 11.2. The van der Waals surface area contributed by atoms with Gasteiger partial charge in [-0.3, -0.25) is 0 Å². The summed E-state index contributed by atoms with van der Waals surface area (Å²) in [4.78, 5) is 15.9. The van der Waals surface area contributed by atoms with Gasteiger partial charge in [0, 0.05) is 24.2 Å². The second kappa shape index (κ2) is 4.95. The third-order valence-electron chi connectivity index (χ3n) is 1.83. The van der Waals surface area contributed by atoms with E-state index in [0.717, 1.165) is 17.0 Å². The molecule has 0 atom stereocenters. The molecule has 1 rings (SSSR count). The van der Waals surface area contributed by atoms with Crippen molar-refractivity contribution >= 4 is 17.4 Å². The highest BCUT2D eigenvalue weighted by Crippen LogP contribution is 1.98. The van der Waals surface area contributed by atoms with Gasteiger partial charge in [0.25, 0.3) is 0 Å². The molecule has 0 aliphatic heterocycles. The lowest BCUT2D eigenvalue weighted by atomic mass is 10.5. The van der Waals surface area contributed by atoms with Crippen molar-refractivity contribution in [1.82, 2.24) is 9.88 Å². The summed E-state index contributed by atoms with van der Waals surface area (Å²) in [5.74, 6) is 0. The molecule has 0 spiro atoms. The second-order valence-corrected chi connectivity index (χ2v) is 3.69. The number of nitrogens with one attached hydrogen (secondary N) is 1. The fourth-order valence-electron chi connectivity index (χ4n) is 1.17. The molecule has 0 aliphatic rings. The van der Waals surface area contributed by atoms with Crippen molar-refractivity contribution in [2.45, 2.75) is 27.3 Å². The third-order valence-corrected chi connectivity index (χ3v) is 2.81. The molecular formula is C9H15N3OS. The largest absolute Gasteiger partial charge is 0.343 e. The van der Waals surface area contributed by atoms with Gasteiger partial charge in [-0.2, -0.15) is 4.99 Å². The van der Waals surface area contributed by atoms with Gasteiger partial charge in [-0.05, 0) is 20.8 Å². The van der Waals surface area contributed by atoms with Crippen LogP contribution in [0.1, 0.15) is 19.5 Å². The SMILES string of the molecule is CCNC(=O)/N=c1/scc(C)n1CC. The van der Waals surface area contributed by atoms with Crippen LogP contribution >= 0.6 is 11.3 Å². The van der Waals surface area contributed by atoms with Crippen molar-refractivity contribution in [2.75, 3.05) is 6.54 Å². The van der Waals surface area contributed by atoms with Crippen molar-refractivity contribution in [3.63, 3.8) is 0 Å². The highest BCUT2D eigenvalue weighted by molar-refractivity contribution is 7.07. The van der Waals surface area contributed by atoms with Gasteiger partial charge in [0.2, 0.25) is 0 Å². The van der Waals surface area contributed by atoms with Crippen LogP contribution in [0, 0.1) is 6.92 Å². The maximum atomic E-state index is 11.2. The third kappa shape index (κ3) is 2.45. The van der Waals surface area contributed by atoms with E-state index in [1.165, 1.54) is 11.3 Å². The van der Waals surface area contributed by atoms with Crippen LogP contribution in [-0.4, -0.2) is 17.1 Å². The number of urea groups is 1. The normalized spacial score (nSPS) is 11.8. The first kappa shape index (κ1) is 11.0. The average Bonchev–Trinajstić information content (AvgIpc) is 2.47. The number of nitrogens with zero attached hydrogens (tertiary/aromatic N) is 2. The molecule has 0 aliphatic carbocycles. The van der Waals surface area contributed by atoms with E-state index >= 15 is 0 Å². The fourth-order valence-corrected chi connectivity index (χ4v) is 2.10.